The van der Waals surface area contributed by atoms with Crippen LogP contribution in [0, 0.1) is 5.82 Å². The molecule has 5 N–H and O–H groups in total. The number of aromatic amines is 1. The number of halogens is 1. The highest BCUT2D eigenvalue weighted by atomic mass is 19.1. The van der Waals surface area contributed by atoms with Gasteiger partial charge in [0.25, 0.3) is 0 Å². The Bertz CT molecular complexity index is 1270. The second-order valence-corrected chi connectivity index (χ2v) is 10.1. The van der Waals surface area contributed by atoms with Crippen LogP contribution in [-0.4, -0.2) is 86.1 Å². The molecule has 0 bridgehead atoms. The third kappa shape index (κ3) is 6.32. The zero-order valence-corrected chi connectivity index (χ0v) is 21.9. The Hall–Kier alpha value is -3.67. The molecule has 2 aliphatic rings. The zero-order chi connectivity index (χ0) is 27.4. The molecule has 2 saturated heterocycles. The number of carbonyl (C=O) groups excluding carboxylic acids is 2. The fourth-order valence-corrected chi connectivity index (χ4v) is 5.08. The summed E-state index contributed by atoms with van der Waals surface area (Å²) in [4.78, 5) is 33.9. The summed E-state index contributed by atoms with van der Waals surface area (Å²) in [6.07, 6.45) is 1.30. The minimum atomic E-state index is -0.835. The summed E-state index contributed by atoms with van der Waals surface area (Å²) < 4.78 is 24.4. The molecule has 0 unspecified atom stereocenters. The van der Waals surface area contributed by atoms with Gasteiger partial charge in [-0.3, -0.25) is 4.79 Å². The smallest absolute Gasteiger partial charge is 0.318 e. The van der Waals surface area contributed by atoms with Crippen LogP contribution < -0.4 is 21.3 Å². The van der Waals surface area contributed by atoms with Crippen molar-refractivity contribution in [3.63, 3.8) is 0 Å². The second-order valence-electron chi connectivity index (χ2n) is 10.1. The van der Waals surface area contributed by atoms with E-state index in [2.05, 4.69) is 20.5 Å². The molecule has 10 nitrogen and oxygen atoms in total. The Morgan fingerprint density at radius 3 is 2.49 bits per heavy atom. The standard InChI is InChI=1S/C28H35FN6O4/c1-18(23-14-31-24-5-3-2-4-22(23)24)26(27(36)32-15-25-38-16-20(30)17-39-25)33-28(37)35-12-10-34(11-13-35)21-8-6-19(29)7-9-21/h2-9,14,18,20,25-26,31H,10-13,15-17,30H2,1H3,(H,32,36)(H,33,37)/t18-,20?,25?,26-/m1/s1. The molecule has 3 heterocycles. The molecular weight excluding hydrogens is 503 g/mol. The molecule has 0 saturated carbocycles. The predicted octanol–water partition coefficient (Wildman–Crippen LogP) is 2.13. The number of anilines is 1. The Morgan fingerprint density at radius 1 is 1.08 bits per heavy atom. The minimum Gasteiger partial charge on any atom is -0.368 e. The summed E-state index contributed by atoms with van der Waals surface area (Å²) in [6, 6.07) is 12.9. The third-order valence-corrected chi connectivity index (χ3v) is 7.37. The maximum Gasteiger partial charge on any atom is 0.318 e. The zero-order valence-electron chi connectivity index (χ0n) is 21.9. The number of hydrogen-bond acceptors (Lipinski definition) is 6. The third-order valence-electron chi connectivity index (χ3n) is 7.37. The fraction of sp³-hybridized carbons (Fsp3) is 0.429. The van der Waals surface area contributed by atoms with Gasteiger partial charge in [-0.25, -0.2) is 9.18 Å². The van der Waals surface area contributed by atoms with Crippen LogP contribution in [0.5, 0.6) is 0 Å². The van der Waals surface area contributed by atoms with Gasteiger partial charge in [0.1, 0.15) is 11.9 Å². The summed E-state index contributed by atoms with van der Waals surface area (Å²) in [7, 11) is 0. The van der Waals surface area contributed by atoms with Crippen LogP contribution in [0.2, 0.25) is 0 Å². The largest absolute Gasteiger partial charge is 0.368 e. The Kier molecular flexibility index (Phi) is 8.30. The maximum absolute atomic E-state index is 13.5. The summed E-state index contributed by atoms with van der Waals surface area (Å²) in [5.74, 6) is -0.934. The van der Waals surface area contributed by atoms with Crippen molar-refractivity contribution in [2.75, 3.05) is 50.8 Å². The average molecular weight is 539 g/mol. The molecule has 11 heteroatoms. The molecule has 2 aliphatic heterocycles. The van der Waals surface area contributed by atoms with Gasteiger partial charge in [-0.05, 0) is 35.9 Å². The summed E-state index contributed by atoms with van der Waals surface area (Å²) >= 11 is 0. The molecule has 3 amide bonds. The number of benzene rings is 2. The van der Waals surface area contributed by atoms with E-state index >= 15 is 0 Å². The van der Waals surface area contributed by atoms with Gasteiger partial charge in [-0.15, -0.1) is 0 Å². The van der Waals surface area contributed by atoms with Crippen molar-refractivity contribution >= 4 is 28.5 Å². The molecule has 2 atom stereocenters. The highest BCUT2D eigenvalue weighted by Gasteiger charge is 2.33. The average Bonchev–Trinajstić information content (AvgIpc) is 3.40. The first-order valence-corrected chi connectivity index (χ1v) is 13.3. The van der Waals surface area contributed by atoms with Crippen molar-refractivity contribution in [3.05, 3.63) is 66.1 Å². The molecular formula is C28H35FN6O4. The first-order chi connectivity index (χ1) is 18.9. The number of aromatic nitrogens is 1. The number of urea groups is 1. The summed E-state index contributed by atoms with van der Waals surface area (Å²) in [5, 5.41) is 6.87. The van der Waals surface area contributed by atoms with E-state index in [0.29, 0.717) is 39.4 Å². The van der Waals surface area contributed by atoms with Crippen molar-refractivity contribution in [1.29, 1.82) is 0 Å². The predicted molar refractivity (Wildman–Crippen MR) is 146 cm³/mol. The lowest BCUT2D eigenvalue weighted by Gasteiger charge is -2.37. The lowest BCUT2D eigenvalue weighted by Crippen LogP contribution is -2.57. The molecule has 3 aromatic rings. The van der Waals surface area contributed by atoms with Crippen LogP contribution in [0.1, 0.15) is 18.4 Å². The molecule has 208 valence electrons. The quantitative estimate of drug-likeness (QED) is 0.365. The van der Waals surface area contributed by atoms with E-state index in [4.69, 9.17) is 15.2 Å². The fourth-order valence-electron chi connectivity index (χ4n) is 5.08. The van der Waals surface area contributed by atoms with Crippen LogP contribution in [0.15, 0.2) is 54.7 Å². The highest BCUT2D eigenvalue weighted by Crippen LogP contribution is 2.28. The number of H-pyrrole nitrogens is 1. The van der Waals surface area contributed by atoms with Crippen LogP contribution in [0.25, 0.3) is 10.9 Å². The van der Waals surface area contributed by atoms with E-state index in [0.717, 1.165) is 22.2 Å². The van der Waals surface area contributed by atoms with E-state index in [1.165, 1.54) is 12.1 Å². The molecule has 1 aromatic heterocycles. The number of para-hydroxylation sites is 1. The number of hydrogen-bond donors (Lipinski definition) is 4. The highest BCUT2D eigenvalue weighted by molar-refractivity contribution is 5.90. The Balaban J connectivity index is 1.26. The minimum absolute atomic E-state index is 0.148. The number of nitrogens with one attached hydrogen (secondary N) is 3. The number of rotatable bonds is 7. The topological polar surface area (TPSA) is 125 Å². The number of ether oxygens (including phenoxy) is 2. The van der Waals surface area contributed by atoms with Crippen LogP contribution in [-0.2, 0) is 14.3 Å². The monoisotopic (exact) mass is 538 g/mol. The van der Waals surface area contributed by atoms with E-state index in [1.54, 1.807) is 17.0 Å². The lowest BCUT2D eigenvalue weighted by molar-refractivity contribution is -0.183. The number of carbonyl (C=O) groups is 2. The van der Waals surface area contributed by atoms with Gasteiger partial charge >= 0.3 is 6.03 Å². The van der Waals surface area contributed by atoms with Crippen LogP contribution in [0.4, 0.5) is 14.9 Å². The number of nitrogens with zero attached hydrogens (tertiary/aromatic N) is 2. The Morgan fingerprint density at radius 2 is 1.77 bits per heavy atom. The molecule has 39 heavy (non-hydrogen) atoms. The first kappa shape index (κ1) is 26.9. The molecule has 0 aliphatic carbocycles. The van der Waals surface area contributed by atoms with Crippen molar-refractivity contribution in [2.24, 2.45) is 5.73 Å². The lowest BCUT2D eigenvalue weighted by atomic mass is 9.92. The molecule has 0 radical (unpaired) electrons. The number of piperazine rings is 1. The Labute approximate surface area is 226 Å². The summed E-state index contributed by atoms with van der Waals surface area (Å²) in [5.41, 5.74) is 8.61. The van der Waals surface area contributed by atoms with Gasteiger partial charge in [-0.1, -0.05) is 25.1 Å². The van der Waals surface area contributed by atoms with Crippen LogP contribution >= 0.6 is 0 Å². The SMILES string of the molecule is C[C@H](c1c[nH]c2ccccc12)[C@@H](NC(=O)N1CCN(c2ccc(F)cc2)CC1)C(=O)NCC1OCC(N)CO1. The molecule has 5 rings (SSSR count). The van der Waals surface area contributed by atoms with E-state index < -0.39 is 12.3 Å². The number of amides is 3. The van der Waals surface area contributed by atoms with Crippen LogP contribution in [0.3, 0.4) is 0 Å². The van der Waals surface area contributed by atoms with Crippen molar-refractivity contribution < 1.29 is 23.5 Å². The van der Waals surface area contributed by atoms with Gasteiger partial charge in [-0.2, -0.15) is 0 Å². The normalized spacial score (nSPS) is 21.4. The summed E-state index contributed by atoms with van der Waals surface area (Å²) in [6.45, 7) is 4.95. The van der Waals surface area contributed by atoms with Crippen molar-refractivity contribution in [3.8, 4) is 0 Å². The van der Waals surface area contributed by atoms with E-state index in [1.807, 2.05) is 37.4 Å². The number of fused-ring (bicyclic) bond motifs is 1. The second kappa shape index (κ2) is 12.0. The molecule has 0 spiro atoms. The van der Waals surface area contributed by atoms with Crippen molar-refractivity contribution in [1.82, 2.24) is 20.5 Å². The number of nitrogens with two attached hydrogens (primary N) is 1. The molecule has 2 fully saturated rings. The first-order valence-electron chi connectivity index (χ1n) is 13.3. The van der Waals surface area contributed by atoms with E-state index in [9.17, 15) is 14.0 Å². The van der Waals surface area contributed by atoms with Crippen molar-refractivity contribution in [2.45, 2.75) is 31.2 Å². The van der Waals surface area contributed by atoms with Gasteiger partial charge < -0.3 is 40.6 Å². The van der Waals surface area contributed by atoms with E-state index in [-0.39, 0.29) is 36.3 Å². The van der Waals surface area contributed by atoms with Gasteiger partial charge in [0.2, 0.25) is 5.91 Å². The molecule has 2 aromatic carbocycles. The van der Waals surface area contributed by atoms with Gasteiger partial charge in [0.05, 0.1) is 25.8 Å². The van der Waals surface area contributed by atoms with Gasteiger partial charge in [0.15, 0.2) is 6.29 Å². The van der Waals surface area contributed by atoms with Gasteiger partial charge in [0, 0.05) is 54.9 Å². The maximum atomic E-state index is 13.5.